The number of rotatable bonds is 1. The lowest BCUT2D eigenvalue weighted by Gasteiger charge is -2.38. The molecule has 0 spiro atoms. The van der Waals surface area contributed by atoms with Crippen LogP contribution < -0.4 is 9.80 Å². The van der Waals surface area contributed by atoms with Crippen molar-refractivity contribution < 1.29 is 0 Å². The number of benzene rings is 1. The Morgan fingerprint density at radius 3 is 2.61 bits per heavy atom. The summed E-state index contributed by atoms with van der Waals surface area (Å²) in [5.41, 5.74) is 7.22. The van der Waals surface area contributed by atoms with Crippen LogP contribution in [0.25, 0.3) is 11.3 Å². The van der Waals surface area contributed by atoms with E-state index in [0.29, 0.717) is 0 Å². The van der Waals surface area contributed by atoms with Gasteiger partial charge in [-0.2, -0.15) is 9.61 Å². The summed E-state index contributed by atoms with van der Waals surface area (Å²) in [7, 11) is 4.44. The molecule has 2 bridgehead atoms. The third kappa shape index (κ3) is 4.77. The molecule has 7 nitrogen and oxygen atoms in total. The van der Waals surface area contributed by atoms with Gasteiger partial charge in [0.25, 0.3) is 0 Å². The average Bonchev–Trinajstić information content (AvgIpc) is 3.33. The third-order valence-electron chi connectivity index (χ3n) is 8.76. The molecule has 2 saturated heterocycles. The van der Waals surface area contributed by atoms with Crippen molar-refractivity contribution in [1.29, 1.82) is 0 Å². The Kier molecular flexibility index (Phi) is 6.81. The molecule has 2 aromatic heterocycles. The van der Waals surface area contributed by atoms with Crippen molar-refractivity contribution in [3.8, 4) is 0 Å². The first kappa shape index (κ1) is 25.2. The second-order valence-electron chi connectivity index (χ2n) is 12.0. The molecule has 1 unspecified atom stereocenters. The van der Waals surface area contributed by atoms with Crippen LogP contribution in [0, 0.1) is 12.8 Å². The summed E-state index contributed by atoms with van der Waals surface area (Å²) in [5.74, 6) is 2.93. The average molecular weight is 514 g/mol. The first-order chi connectivity index (χ1) is 18.4. The maximum atomic E-state index is 5.24. The van der Waals surface area contributed by atoms with E-state index in [0.717, 1.165) is 93.1 Å². The van der Waals surface area contributed by atoms with E-state index in [4.69, 9.17) is 16.7 Å². The second-order valence-corrected chi connectivity index (χ2v) is 12.0. The molecule has 0 N–H and O–H groups in total. The highest BCUT2D eigenvalue weighted by Gasteiger charge is 2.30. The predicted octanol–water partition coefficient (Wildman–Crippen LogP) is 5.01. The highest BCUT2D eigenvalue weighted by atomic mass is 15.4. The number of aromatic nitrogens is 3. The van der Waals surface area contributed by atoms with Gasteiger partial charge in [-0.05, 0) is 70.2 Å². The number of hydrogen-bond acceptors (Lipinski definition) is 6. The summed E-state index contributed by atoms with van der Waals surface area (Å²) < 4.78 is 2.08. The molecule has 5 heterocycles. The summed E-state index contributed by atoms with van der Waals surface area (Å²) in [4.78, 5) is 14.9. The van der Waals surface area contributed by atoms with Crippen LogP contribution in [0.3, 0.4) is 0 Å². The quantitative estimate of drug-likeness (QED) is 0.456. The first-order valence-corrected chi connectivity index (χ1v) is 14.5. The molecule has 0 saturated carbocycles. The van der Waals surface area contributed by atoms with Gasteiger partial charge < -0.3 is 19.6 Å². The van der Waals surface area contributed by atoms with Crippen molar-refractivity contribution in [3.63, 3.8) is 0 Å². The molecule has 0 aliphatic carbocycles. The van der Waals surface area contributed by atoms with E-state index in [-0.39, 0.29) is 6.04 Å². The number of hydrogen-bond donors (Lipinski definition) is 0. The van der Waals surface area contributed by atoms with E-state index in [1.54, 1.807) is 0 Å². The van der Waals surface area contributed by atoms with Crippen LogP contribution in [0.1, 0.15) is 61.0 Å². The zero-order valence-corrected chi connectivity index (χ0v) is 23.7. The Labute approximate surface area is 227 Å². The van der Waals surface area contributed by atoms with Crippen molar-refractivity contribution in [1.82, 2.24) is 24.4 Å². The fourth-order valence-electron chi connectivity index (χ4n) is 6.43. The predicted molar refractivity (Wildman–Crippen MR) is 157 cm³/mol. The lowest BCUT2D eigenvalue weighted by Crippen LogP contribution is -2.45. The van der Waals surface area contributed by atoms with Gasteiger partial charge in [-0.25, -0.2) is 4.98 Å². The number of likely N-dealkylation sites (N-methyl/N-ethyl adjacent to an activating group) is 2. The molecule has 3 aliphatic heterocycles. The Hall–Kier alpha value is -3.06. The molecule has 38 heavy (non-hydrogen) atoms. The normalized spacial score (nSPS) is 22.1. The van der Waals surface area contributed by atoms with Crippen molar-refractivity contribution in [2.75, 3.05) is 63.2 Å². The third-order valence-corrected chi connectivity index (χ3v) is 8.76. The molecule has 3 aromatic rings. The lowest BCUT2D eigenvalue weighted by molar-refractivity contribution is 0.226. The van der Waals surface area contributed by atoms with Crippen LogP contribution in [0.15, 0.2) is 36.9 Å². The van der Waals surface area contributed by atoms with E-state index in [1.807, 2.05) is 0 Å². The molecular weight excluding hydrogens is 470 g/mol. The fraction of sp³-hybridized carbons (Fsp3) is 0.548. The van der Waals surface area contributed by atoms with Crippen LogP contribution in [-0.4, -0.2) is 77.8 Å². The molecule has 0 radical (unpaired) electrons. The maximum absolute atomic E-state index is 5.24. The van der Waals surface area contributed by atoms with Crippen LogP contribution in [0.2, 0.25) is 0 Å². The Morgan fingerprint density at radius 2 is 1.79 bits per heavy atom. The highest BCUT2D eigenvalue weighted by molar-refractivity contribution is 5.67. The fourth-order valence-corrected chi connectivity index (χ4v) is 6.43. The van der Waals surface area contributed by atoms with E-state index in [9.17, 15) is 0 Å². The van der Waals surface area contributed by atoms with Gasteiger partial charge in [0.2, 0.25) is 0 Å². The standard InChI is InChI=1S/C31H43N7/c1-22-11-12-25-9-8-13-34(4)15-16-35(5)31-19-29(36-20-23(2)21-36)32-30-18-27(33-38(30)31)28-10-6-7-14-37(28)24(3)26(25)17-22/h11-12,17-19,23,28H,3,6-10,13-16,20-21H2,1-2,4-5H3. The van der Waals surface area contributed by atoms with Gasteiger partial charge in [0.1, 0.15) is 11.6 Å². The largest absolute Gasteiger partial charge is 0.363 e. The van der Waals surface area contributed by atoms with Crippen molar-refractivity contribution in [2.45, 2.75) is 52.0 Å². The Bertz CT molecular complexity index is 1320. The summed E-state index contributed by atoms with van der Waals surface area (Å²) in [6.07, 6.45) is 5.72. The van der Waals surface area contributed by atoms with E-state index in [1.165, 1.54) is 29.5 Å². The van der Waals surface area contributed by atoms with Crippen LogP contribution >= 0.6 is 0 Å². The Balaban J connectivity index is 1.45. The van der Waals surface area contributed by atoms with Crippen LogP contribution in [0.5, 0.6) is 0 Å². The first-order valence-electron chi connectivity index (χ1n) is 14.5. The van der Waals surface area contributed by atoms with E-state index in [2.05, 4.69) is 82.4 Å². The zero-order valence-electron chi connectivity index (χ0n) is 23.7. The van der Waals surface area contributed by atoms with Crippen molar-refractivity contribution >= 4 is 23.0 Å². The molecule has 7 heteroatoms. The second kappa shape index (κ2) is 10.3. The summed E-state index contributed by atoms with van der Waals surface area (Å²) in [6.45, 7) is 15.4. The van der Waals surface area contributed by atoms with Gasteiger partial charge in [0, 0.05) is 63.2 Å². The maximum Gasteiger partial charge on any atom is 0.160 e. The monoisotopic (exact) mass is 513 g/mol. The molecule has 0 amide bonds. The van der Waals surface area contributed by atoms with Gasteiger partial charge in [-0.1, -0.05) is 31.2 Å². The minimum absolute atomic E-state index is 0.219. The number of piperidine rings is 1. The van der Waals surface area contributed by atoms with Gasteiger partial charge in [0.05, 0.1) is 11.7 Å². The van der Waals surface area contributed by atoms with Gasteiger partial charge in [0.15, 0.2) is 5.65 Å². The molecule has 202 valence electrons. The van der Waals surface area contributed by atoms with Gasteiger partial charge in [-0.15, -0.1) is 0 Å². The highest BCUT2D eigenvalue weighted by Crippen LogP contribution is 2.38. The van der Waals surface area contributed by atoms with Crippen LogP contribution in [0.4, 0.5) is 11.6 Å². The number of anilines is 2. The summed E-state index contributed by atoms with van der Waals surface area (Å²) in [5, 5.41) is 5.24. The zero-order chi connectivity index (χ0) is 26.4. The van der Waals surface area contributed by atoms with Crippen LogP contribution in [-0.2, 0) is 6.42 Å². The number of nitrogens with zero attached hydrogens (tertiary/aromatic N) is 7. The lowest BCUT2D eigenvalue weighted by atomic mass is 9.93. The molecule has 6 rings (SSSR count). The summed E-state index contributed by atoms with van der Waals surface area (Å²) >= 11 is 0. The molecular formula is C31H43N7. The van der Waals surface area contributed by atoms with Gasteiger partial charge in [-0.3, -0.25) is 0 Å². The van der Waals surface area contributed by atoms with Gasteiger partial charge >= 0.3 is 0 Å². The smallest absolute Gasteiger partial charge is 0.160 e. The molecule has 3 aliphatic rings. The Morgan fingerprint density at radius 1 is 0.947 bits per heavy atom. The summed E-state index contributed by atoms with van der Waals surface area (Å²) in [6, 6.07) is 11.6. The topological polar surface area (TPSA) is 43.1 Å². The van der Waals surface area contributed by atoms with Crippen molar-refractivity contribution in [3.05, 3.63) is 59.3 Å². The molecule has 1 atom stereocenters. The van der Waals surface area contributed by atoms with E-state index < -0.39 is 0 Å². The minimum Gasteiger partial charge on any atom is -0.363 e. The number of aryl methyl sites for hydroxylation is 2. The van der Waals surface area contributed by atoms with E-state index >= 15 is 0 Å². The number of fused-ring (bicyclic) bond motifs is 4. The molecule has 2 fully saturated rings. The molecule has 1 aromatic carbocycles. The SMILES string of the molecule is C=C1c2cc(C)ccc2CCCN(C)CCN(C)c2cc(N3CC(C)C3)nc3cc(nn23)C2CCCCN12. The minimum atomic E-state index is 0.219. The van der Waals surface area contributed by atoms with Crippen molar-refractivity contribution in [2.24, 2.45) is 5.92 Å².